The van der Waals surface area contributed by atoms with Gasteiger partial charge in [0.25, 0.3) is 0 Å². The van der Waals surface area contributed by atoms with Gasteiger partial charge in [-0.1, -0.05) is 11.6 Å². The minimum absolute atomic E-state index is 0.304. The number of alkyl halides is 2. The number of ketones is 1. The lowest BCUT2D eigenvalue weighted by atomic mass is 10.1. The Bertz CT molecular complexity index is 347. The number of hydrogen-bond donors (Lipinski definition) is 0. The average Bonchev–Trinajstić information content (AvgIpc) is 2.30. The summed E-state index contributed by atoms with van der Waals surface area (Å²) in [5, 5.41) is 0. The highest BCUT2D eigenvalue weighted by Gasteiger charge is 2.15. The van der Waals surface area contributed by atoms with Gasteiger partial charge in [0.2, 0.25) is 11.4 Å². The number of halogens is 2. The Morgan fingerprint density at radius 1 is 1.31 bits per heavy atom. The molecule has 0 heterocycles. The van der Waals surface area contributed by atoms with Crippen LogP contribution in [0.5, 0.6) is 0 Å². The van der Waals surface area contributed by atoms with Crippen LogP contribution in [0.15, 0.2) is 24.3 Å². The first kappa shape index (κ1) is 13.0. The predicted octanol–water partition coefficient (Wildman–Crippen LogP) is 3.25. The van der Waals surface area contributed by atoms with E-state index in [1.807, 2.05) is 0 Å². The van der Waals surface area contributed by atoms with Gasteiger partial charge in [0, 0.05) is 24.3 Å². The van der Waals surface area contributed by atoms with Crippen LogP contribution in [0.2, 0.25) is 0 Å². The molecule has 1 aromatic rings. The normalized spacial score (nSPS) is 12.2. The van der Waals surface area contributed by atoms with E-state index in [-0.39, 0.29) is 0 Å². The van der Waals surface area contributed by atoms with Crippen molar-refractivity contribution in [1.29, 1.82) is 0 Å². The predicted molar refractivity (Wildman–Crippen MR) is 65.1 cm³/mol. The second-order valence-electron chi connectivity index (χ2n) is 3.38. The summed E-state index contributed by atoms with van der Waals surface area (Å²) in [7, 11) is 0. The van der Waals surface area contributed by atoms with Crippen LogP contribution in [-0.2, 0) is 0 Å². The van der Waals surface area contributed by atoms with E-state index in [0.29, 0.717) is 5.56 Å². The van der Waals surface area contributed by atoms with Crippen LogP contribution in [-0.4, -0.2) is 24.5 Å². The van der Waals surface area contributed by atoms with Crippen LogP contribution in [0.3, 0.4) is 0 Å². The molecule has 0 amide bonds. The van der Waals surface area contributed by atoms with E-state index in [2.05, 4.69) is 18.7 Å². The standard InChI is InChI=1S/C12H15ClFNO/c1-3-15(4-2)10-7-5-9(6-8-10)11(16)12(13)14/h5-8,12H,3-4H2,1-2H3. The number of nitrogens with zero attached hydrogens (tertiary/aromatic N) is 1. The number of carbonyl (C=O) groups excluding carboxylic acids is 1. The summed E-state index contributed by atoms with van der Waals surface area (Å²) < 4.78 is 12.6. The van der Waals surface area contributed by atoms with Crippen molar-refractivity contribution in [2.24, 2.45) is 0 Å². The van der Waals surface area contributed by atoms with E-state index >= 15 is 0 Å². The third kappa shape index (κ3) is 2.95. The highest BCUT2D eigenvalue weighted by Crippen LogP contribution is 2.17. The maximum Gasteiger partial charge on any atom is 0.235 e. The zero-order chi connectivity index (χ0) is 12.1. The van der Waals surface area contributed by atoms with Crippen molar-refractivity contribution in [3.05, 3.63) is 29.8 Å². The molecule has 0 aliphatic heterocycles. The molecule has 0 saturated carbocycles. The Morgan fingerprint density at radius 3 is 2.19 bits per heavy atom. The molecule has 0 spiro atoms. The van der Waals surface area contributed by atoms with Gasteiger partial charge in [-0.3, -0.25) is 4.79 Å². The number of anilines is 1. The van der Waals surface area contributed by atoms with Crippen LogP contribution in [0, 0.1) is 0 Å². The minimum Gasteiger partial charge on any atom is -0.372 e. The lowest BCUT2D eigenvalue weighted by Gasteiger charge is -2.20. The fraction of sp³-hybridized carbons (Fsp3) is 0.417. The summed E-state index contributed by atoms with van der Waals surface area (Å²) in [4.78, 5) is 13.4. The van der Waals surface area contributed by atoms with Gasteiger partial charge in [-0.2, -0.15) is 0 Å². The van der Waals surface area contributed by atoms with Gasteiger partial charge < -0.3 is 4.90 Å². The van der Waals surface area contributed by atoms with Crippen molar-refractivity contribution in [1.82, 2.24) is 0 Å². The minimum atomic E-state index is -1.96. The maximum absolute atomic E-state index is 12.6. The molecular formula is C12H15ClFNO. The molecule has 1 atom stereocenters. The Hall–Kier alpha value is -1.09. The Labute approximate surface area is 100 Å². The second kappa shape index (κ2) is 5.85. The van der Waals surface area contributed by atoms with Gasteiger partial charge >= 0.3 is 0 Å². The third-order valence-corrected chi connectivity index (χ3v) is 2.68. The van der Waals surface area contributed by atoms with E-state index in [1.54, 1.807) is 24.3 Å². The van der Waals surface area contributed by atoms with Gasteiger partial charge in [-0.15, -0.1) is 0 Å². The summed E-state index contributed by atoms with van der Waals surface area (Å²) in [6.07, 6.45) is 0. The second-order valence-corrected chi connectivity index (χ2v) is 3.77. The SMILES string of the molecule is CCN(CC)c1ccc(C(=O)C(F)Cl)cc1. The summed E-state index contributed by atoms with van der Waals surface area (Å²) in [6.45, 7) is 5.90. The molecule has 1 rings (SSSR count). The Kier molecular flexibility index (Phi) is 4.74. The van der Waals surface area contributed by atoms with Crippen molar-refractivity contribution in [2.45, 2.75) is 19.5 Å². The summed E-state index contributed by atoms with van der Waals surface area (Å²) in [5.74, 6) is -0.687. The average molecular weight is 244 g/mol. The maximum atomic E-state index is 12.6. The van der Waals surface area contributed by atoms with E-state index < -0.39 is 11.4 Å². The van der Waals surface area contributed by atoms with Crippen LogP contribution in [0.25, 0.3) is 0 Å². The lowest BCUT2D eigenvalue weighted by Crippen LogP contribution is -2.21. The molecule has 0 aromatic heterocycles. The molecule has 0 N–H and O–H groups in total. The van der Waals surface area contributed by atoms with Crippen molar-refractivity contribution >= 4 is 23.1 Å². The first-order valence-electron chi connectivity index (χ1n) is 5.27. The highest BCUT2D eigenvalue weighted by atomic mass is 35.5. The number of carbonyl (C=O) groups is 1. The van der Waals surface area contributed by atoms with Gasteiger partial charge in [-0.05, 0) is 38.1 Å². The number of Topliss-reactive ketones (excluding diaryl/α,β-unsaturated/α-hetero) is 1. The summed E-state index contributed by atoms with van der Waals surface area (Å²) in [6, 6.07) is 6.81. The molecule has 0 fully saturated rings. The molecule has 0 saturated heterocycles. The van der Waals surface area contributed by atoms with Crippen LogP contribution >= 0.6 is 11.6 Å². The lowest BCUT2D eigenvalue weighted by molar-refractivity contribution is 0.0934. The van der Waals surface area contributed by atoms with Crippen molar-refractivity contribution in [3.8, 4) is 0 Å². The molecule has 0 bridgehead atoms. The molecule has 0 radical (unpaired) electrons. The van der Waals surface area contributed by atoms with Crippen LogP contribution < -0.4 is 4.90 Å². The van der Waals surface area contributed by atoms with E-state index in [9.17, 15) is 9.18 Å². The first-order valence-corrected chi connectivity index (χ1v) is 5.71. The molecule has 16 heavy (non-hydrogen) atoms. The molecule has 1 aromatic carbocycles. The van der Waals surface area contributed by atoms with E-state index in [4.69, 9.17) is 11.6 Å². The summed E-state index contributed by atoms with van der Waals surface area (Å²) >= 11 is 5.09. The van der Waals surface area contributed by atoms with Crippen molar-refractivity contribution in [2.75, 3.05) is 18.0 Å². The topological polar surface area (TPSA) is 20.3 Å². The van der Waals surface area contributed by atoms with Gasteiger partial charge in [0.15, 0.2) is 0 Å². The quantitative estimate of drug-likeness (QED) is 0.585. The van der Waals surface area contributed by atoms with Crippen molar-refractivity contribution < 1.29 is 9.18 Å². The van der Waals surface area contributed by atoms with Crippen molar-refractivity contribution in [3.63, 3.8) is 0 Å². The number of benzene rings is 1. The van der Waals surface area contributed by atoms with Crippen LogP contribution in [0.4, 0.5) is 10.1 Å². The van der Waals surface area contributed by atoms with Gasteiger partial charge in [0.1, 0.15) is 0 Å². The smallest absolute Gasteiger partial charge is 0.235 e. The molecular weight excluding hydrogens is 229 g/mol. The molecule has 0 aliphatic rings. The summed E-state index contributed by atoms with van der Waals surface area (Å²) in [5.41, 5.74) is -0.635. The first-order chi connectivity index (χ1) is 7.60. The van der Waals surface area contributed by atoms with Crippen LogP contribution in [0.1, 0.15) is 24.2 Å². The van der Waals surface area contributed by atoms with E-state index in [1.165, 1.54) is 0 Å². The molecule has 1 unspecified atom stereocenters. The third-order valence-electron chi connectivity index (χ3n) is 2.48. The highest BCUT2D eigenvalue weighted by molar-refractivity contribution is 6.32. The number of hydrogen-bond acceptors (Lipinski definition) is 2. The fourth-order valence-electron chi connectivity index (χ4n) is 1.55. The number of rotatable bonds is 5. The zero-order valence-electron chi connectivity index (χ0n) is 9.41. The monoisotopic (exact) mass is 243 g/mol. The zero-order valence-corrected chi connectivity index (χ0v) is 10.2. The Balaban J connectivity index is 2.86. The van der Waals surface area contributed by atoms with Gasteiger partial charge in [-0.25, -0.2) is 4.39 Å². The largest absolute Gasteiger partial charge is 0.372 e. The molecule has 4 heteroatoms. The van der Waals surface area contributed by atoms with E-state index in [0.717, 1.165) is 18.8 Å². The molecule has 0 aliphatic carbocycles. The Morgan fingerprint density at radius 2 is 1.81 bits per heavy atom. The van der Waals surface area contributed by atoms with Gasteiger partial charge in [0.05, 0.1) is 0 Å². The molecule has 88 valence electrons. The fourth-order valence-corrected chi connectivity index (χ4v) is 1.68. The molecule has 2 nitrogen and oxygen atoms in total.